The van der Waals surface area contributed by atoms with Crippen LogP contribution in [0.2, 0.25) is 0 Å². The molecular formula is C14H20N4O3. The number of aromatic amines is 1. The molecule has 3 rings (SSSR count). The van der Waals surface area contributed by atoms with Gasteiger partial charge in [-0.25, -0.2) is 14.9 Å². The number of rotatable bonds is 2. The van der Waals surface area contributed by atoms with E-state index in [0.717, 1.165) is 25.1 Å². The summed E-state index contributed by atoms with van der Waals surface area (Å²) in [5.74, 6) is 0.911. The Balaban J connectivity index is 1.77. The molecule has 0 bridgehead atoms. The van der Waals surface area contributed by atoms with Crippen molar-refractivity contribution in [1.82, 2.24) is 15.2 Å². The maximum atomic E-state index is 11.1. The highest BCUT2D eigenvalue weighted by Gasteiger charge is 2.28. The molecule has 1 aliphatic heterocycles. The van der Waals surface area contributed by atoms with E-state index in [4.69, 9.17) is 8.83 Å². The van der Waals surface area contributed by atoms with Crippen molar-refractivity contribution >= 4 is 6.01 Å². The van der Waals surface area contributed by atoms with Crippen molar-refractivity contribution in [1.29, 1.82) is 0 Å². The summed E-state index contributed by atoms with van der Waals surface area (Å²) in [4.78, 5) is 17.5. The normalized spacial score (nSPS) is 20.0. The first-order chi connectivity index (χ1) is 9.93. The maximum absolute atomic E-state index is 11.1. The van der Waals surface area contributed by atoms with Crippen LogP contribution in [-0.2, 0) is 5.41 Å². The molecule has 114 valence electrons. The van der Waals surface area contributed by atoms with Crippen molar-refractivity contribution in [2.24, 2.45) is 0 Å². The van der Waals surface area contributed by atoms with E-state index in [1.54, 1.807) is 6.20 Å². The van der Waals surface area contributed by atoms with Gasteiger partial charge in [0.15, 0.2) is 0 Å². The van der Waals surface area contributed by atoms with Crippen LogP contribution in [0.4, 0.5) is 6.01 Å². The van der Waals surface area contributed by atoms with Gasteiger partial charge in [0.1, 0.15) is 5.76 Å². The molecule has 3 heterocycles. The highest BCUT2D eigenvalue weighted by molar-refractivity contribution is 5.29. The van der Waals surface area contributed by atoms with Crippen LogP contribution in [0.1, 0.15) is 51.2 Å². The topological polar surface area (TPSA) is 88.2 Å². The fourth-order valence-electron chi connectivity index (χ4n) is 2.53. The van der Waals surface area contributed by atoms with Crippen molar-refractivity contribution < 1.29 is 8.83 Å². The van der Waals surface area contributed by atoms with Crippen LogP contribution in [-0.4, -0.2) is 28.3 Å². The monoisotopic (exact) mass is 292 g/mol. The summed E-state index contributed by atoms with van der Waals surface area (Å²) in [6.45, 7) is 7.85. The van der Waals surface area contributed by atoms with Crippen molar-refractivity contribution in [3.05, 3.63) is 28.4 Å². The predicted molar refractivity (Wildman–Crippen MR) is 76.5 cm³/mol. The molecule has 0 saturated carbocycles. The predicted octanol–water partition coefficient (Wildman–Crippen LogP) is 2.03. The zero-order valence-electron chi connectivity index (χ0n) is 12.5. The second-order valence-electron chi connectivity index (χ2n) is 6.49. The number of aromatic nitrogens is 3. The lowest BCUT2D eigenvalue weighted by Gasteiger charge is -2.29. The Kier molecular flexibility index (Phi) is 3.35. The van der Waals surface area contributed by atoms with Gasteiger partial charge in [0.05, 0.1) is 12.1 Å². The van der Waals surface area contributed by atoms with Crippen molar-refractivity contribution in [3.8, 4) is 0 Å². The van der Waals surface area contributed by atoms with E-state index in [9.17, 15) is 4.79 Å². The van der Waals surface area contributed by atoms with E-state index in [1.807, 2.05) is 0 Å². The van der Waals surface area contributed by atoms with Gasteiger partial charge in [-0.05, 0) is 12.8 Å². The van der Waals surface area contributed by atoms with Gasteiger partial charge in [0.25, 0.3) is 6.01 Å². The third-order valence-electron chi connectivity index (χ3n) is 3.73. The summed E-state index contributed by atoms with van der Waals surface area (Å²) >= 11 is 0. The lowest BCUT2D eigenvalue weighted by atomic mass is 9.94. The number of oxazole rings is 1. The van der Waals surface area contributed by atoms with Gasteiger partial charge in [-0.2, -0.15) is 0 Å². The molecular weight excluding hydrogens is 272 g/mol. The van der Waals surface area contributed by atoms with Gasteiger partial charge in [-0.15, -0.1) is 5.10 Å². The Morgan fingerprint density at radius 2 is 2.19 bits per heavy atom. The summed E-state index contributed by atoms with van der Waals surface area (Å²) < 4.78 is 10.9. The molecule has 1 unspecified atom stereocenters. The minimum absolute atomic E-state index is 0.0601. The molecule has 0 aliphatic carbocycles. The van der Waals surface area contributed by atoms with E-state index >= 15 is 0 Å². The molecule has 7 nitrogen and oxygen atoms in total. The summed E-state index contributed by atoms with van der Waals surface area (Å²) in [5.41, 5.74) is -0.0601. The quantitative estimate of drug-likeness (QED) is 0.911. The molecule has 1 saturated heterocycles. The largest absolute Gasteiger partial charge is 0.434 e. The summed E-state index contributed by atoms with van der Waals surface area (Å²) in [5, 5.41) is 6.24. The molecule has 7 heteroatoms. The van der Waals surface area contributed by atoms with Crippen LogP contribution >= 0.6 is 0 Å². The zero-order valence-corrected chi connectivity index (χ0v) is 12.5. The molecule has 1 N–H and O–H groups in total. The summed E-state index contributed by atoms with van der Waals surface area (Å²) in [6, 6.07) is 0.627. The Bertz CT molecular complexity index is 664. The zero-order chi connectivity index (χ0) is 15.0. The van der Waals surface area contributed by atoms with Crippen LogP contribution in [0.5, 0.6) is 0 Å². The molecule has 0 aromatic carbocycles. The first-order valence-corrected chi connectivity index (χ1v) is 7.20. The van der Waals surface area contributed by atoms with Crippen molar-refractivity contribution in [3.63, 3.8) is 0 Å². The first kappa shape index (κ1) is 13.9. The highest BCUT2D eigenvalue weighted by atomic mass is 16.4. The third-order valence-corrected chi connectivity index (χ3v) is 3.73. The first-order valence-electron chi connectivity index (χ1n) is 7.20. The van der Waals surface area contributed by atoms with Crippen LogP contribution in [0, 0.1) is 0 Å². The van der Waals surface area contributed by atoms with Crippen LogP contribution < -0.4 is 10.7 Å². The second kappa shape index (κ2) is 5.05. The van der Waals surface area contributed by atoms with Gasteiger partial charge in [0.2, 0.25) is 5.89 Å². The minimum atomic E-state index is -0.506. The number of anilines is 1. The molecule has 0 spiro atoms. The molecule has 21 heavy (non-hydrogen) atoms. The van der Waals surface area contributed by atoms with E-state index < -0.39 is 5.76 Å². The highest BCUT2D eigenvalue weighted by Crippen LogP contribution is 2.30. The molecule has 1 fully saturated rings. The Morgan fingerprint density at radius 3 is 2.81 bits per heavy atom. The van der Waals surface area contributed by atoms with Crippen molar-refractivity contribution in [2.45, 2.75) is 44.9 Å². The molecule has 0 radical (unpaired) electrons. The number of nitrogens with one attached hydrogen (secondary N) is 1. The summed E-state index contributed by atoms with van der Waals surface area (Å²) in [6.07, 6.45) is 3.71. The Morgan fingerprint density at radius 1 is 1.38 bits per heavy atom. The smallest absolute Gasteiger partial charge is 0.428 e. The fourth-order valence-corrected chi connectivity index (χ4v) is 2.53. The molecule has 2 aromatic heterocycles. The number of piperidine rings is 1. The minimum Gasteiger partial charge on any atom is -0.428 e. The van der Waals surface area contributed by atoms with Gasteiger partial charge in [0, 0.05) is 18.5 Å². The lowest BCUT2D eigenvalue weighted by molar-refractivity contribution is 0.363. The average molecular weight is 292 g/mol. The second-order valence-corrected chi connectivity index (χ2v) is 6.49. The SMILES string of the molecule is CC(C)(C)c1cnc(N2CCCC(c3n[nH]c(=O)o3)C2)o1. The Hall–Kier alpha value is -2.05. The van der Waals surface area contributed by atoms with Gasteiger partial charge in [-0.3, -0.25) is 0 Å². The lowest BCUT2D eigenvalue weighted by Crippen LogP contribution is -2.34. The Labute approximate surface area is 122 Å². The van der Waals surface area contributed by atoms with Gasteiger partial charge < -0.3 is 13.7 Å². The van der Waals surface area contributed by atoms with E-state index in [-0.39, 0.29) is 11.3 Å². The number of hydrogen-bond acceptors (Lipinski definition) is 6. The molecule has 1 aliphatic rings. The number of H-pyrrole nitrogens is 1. The average Bonchev–Trinajstić information content (AvgIpc) is 3.07. The van der Waals surface area contributed by atoms with Crippen LogP contribution in [0.15, 0.2) is 19.8 Å². The maximum Gasteiger partial charge on any atom is 0.434 e. The van der Waals surface area contributed by atoms with E-state index in [0.29, 0.717) is 18.5 Å². The van der Waals surface area contributed by atoms with E-state index in [1.165, 1.54) is 0 Å². The molecule has 1 atom stereocenters. The molecule has 2 aromatic rings. The van der Waals surface area contributed by atoms with Crippen LogP contribution in [0.3, 0.4) is 0 Å². The van der Waals surface area contributed by atoms with Crippen LogP contribution in [0.25, 0.3) is 0 Å². The van der Waals surface area contributed by atoms with E-state index in [2.05, 4.69) is 40.9 Å². The third kappa shape index (κ3) is 2.86. The van der Waals surface area contributed by atoms with Gasteiger partial charge in [-0.1, -0.05) is 20.8 Å². The number of hydrogen-bond donors (Lipinski definition) is 1. The molecule has 0 amide bonds. The van der Waals surface area contributed by atoms with Crippen molar-refractivity contribution in [2.75, 3.05) is 18.0 Å². The standard InChI is InChI=1S/C14H20N4O3/c1-14(2,3)10-7-15-12(20-10)18-6-4-5-9(8-18)11-16-17-13(19)21-11/h7,9H,4-6,8H2,1-3H3,(H,17,19). The summed E-state index contributed by atoms with van der Waals surface area (Å²) in [7, 11) is 0. The fraction of sp³-hybridized carbons (Fsp3) is 0.643. The number of nitrogens with zero attached hydrogens (tertiary/aromatic N) is 3. The van der Waals surface area contributed by atoms with Gasteiger partial charge >= 0.3 is 5.76 Å².